The van der Waals surface area contributed by atoms with E-state index in [1.54, 1.807) is 0 Å². The third kappa shape index (κ3) is 21.9. The first-order valence-electron chi connectivity index (χ1n) is 16.8. The molecule has 0 aromatic carbocycles. The van der Waals surface area contributed by atoms with Crippen LogP contribution in [0.2, 0.25) is 8.87 Å². The zero-order chi connectivity index (χ0) is 32.3. The molecule has 0 aliphatic carbocycles. The van der Waals surface area contributed by atoms with Gasteiger partial charge in [0.15, 0.2) is 0 Å². The van der Waals surface area contributed by atoms with Gasteiger partial charge in [-0.2, -0.15) is 0 Å². The number of aliphatic hydroxyl groups excluding tert-OH is 2. The molecule has 0 saturated carbocycles. The van der Waals surface area contributed by atoms with Crippen LogP contribution in [0.5, 0.6) is 0 Å². The summed E-state index contributed by atoms with van der Waals surface area (Å²) >= 11 is -4.43. The molecule has 2 N–H and O–H groups in total. The Bertz CT molecular complexity index is 698. The van der Waals surface area contributed by atoms with Crippen LogP contribution in [-0.4, -0.2) is 78.7 Å². The van der Waals surface area contributed by atoms with Crippen molar-refractivity contribution in [1.29, 1.82) is 0 Å². The van der Waals surface area contributed by atoms with Crippen molar-refractivity contribution in [2.45, 2.75) is 164 Å². The molecule has 0 rings (SSSR count). The van der Waals surface area contributed by atoms with E-state index in [0.29, 0.717) is 34.6 Å². The minimum atomic E-state index is -4.43. The van der Waals surface area contributed by atoms with Crippen molar-refractivity contribution >= 4 is 43.1 Å². The fraction of sp³-hybridized carbons (Fsp3) is 0.875. The molecule has 0 bridgehead atoms. The Hall–Kier alpha value is -1.40. The molecular formula is C32H60O10Sn. The summed E-state index contributed by atoms with van der Waals surface area (Å²) in [6, 6.07) is 0. The Morgan fingerprint density at radius 2 is 0.837 bits per heavy atom. The third-order valence-electron chi connectivity index (χ3n) is 7.17. The molecule has 0 radical (unpaired) electrons. The summed E-state index contributed by atoms with van der Waals surface area (Å²) in [5, 5.41) is 20.5. The van der Waals surface area contributed by atoms with Crippen LogP contribution >= 0.6 is 0 Å². The van der Waals surface area contributed by atoms with Crippen molar-refractivity contribution in [1.82, 2.24) is 0 Å². The molecule has 11 heteroatoms. The molecule has 0 aliphatic rings. The fourth-order valence-electron chi connectivity index (χ4n) is 4.53. The average Bonchev–Trinajstić information content (AvgIpc) is 2.97. The van der Waals surface area contributed by atoms with Gasteiger partial charge in [-0.05, 0) is 0 Å². The quantitative estimate of drug-likeness (QED) is 0.0527. The molecular weight excluding hydrogens is 663 g/mol. The van der Waals surface area contributed by atoms with Crippen LogP contribution in [0, 0.1) is 0 Å². The normalized spacial score (nSPS) is 12.8. The van der Waals surface area contributed by atoms with Gasteiger partial charge in [0.1, 0.15) is 0 Å². The number of carbonyl (C=O) groups is 4. The minimum absolute atomic E-state index is 0.175. The zero-order valence-corrected chi connectivity index (χ0v) is 30.2. The van der Waals surface area contributed by atoms with Gasteiger partial charge in [0.25, 0.3) is 0 Å². The van der Waals surface area contributed by atoms with E-state index in [4.69, 9.17) is 15.6 Å². The molecule has 0 heterocycles. The molecule has 0 fully saturated rings. The molecule has 0 spiro atoms. The van der Waals surface area contributed by atoms with Crippen LogP contribution in [0.3, 0.4) is 0 Å². The standard InChI is InChI=1S/2C12H22O5.2C4H9.Sn/c2*1-2-3-4-5-6-7-8-17-12(16)10(13)9-11(14)15;2*1-3-4-2;/h2*10,13H,2-9H2,1H3,(H,14,15);2*1,3-4H2,2H3;/q;;;;+2/p-2. The van der Waals surface area contributed by atoms with E-state index >= 15 is 0 Å². The second-order valence-electron chi connectivity index (χ2n) is 11.4. The third-order valence-corrected chi connectivity index (χ3v) is 17.0. The van der Waals surface area contributed by atoms with E-state index in [9.17, 15) is 29.4 Å². The average molecular weight is 724 g/mol. The molecule has 0 aromatic rings. The SMILES string of the molecule is CCCCCCCCOC(=O)C(O)CC(=O)[O][Sn]([CH2]CCC)([CH2]CCC)[O]C(=O)CC(O)C(=O)OCCCCCCCC. The Morgan fingerprint density at radius 1 is 0.512 bits per heavy atom. The zero-order valence-electron chi connectivity index (χ0n) is 27.4. The number of rotatable bonds is 28. The predicted molar refractivity (Wildman–Crippen MR) is 167 cm³/mol. The fourth-order valence-corrected chi connectivity index (χ4v) is 14.5. The van der Waals surface area contributed by atoms with E-state index in [1.165, 1.54) is 12.8 Å². The molecule has 0 amide bonds. The summed E-state index contributed by atoms with van der Waals surface area (Å²) in [7, 11) is 0. The van der Waals surface area contributed by atoms with Gasteiger partial charge in [0, 0.05) is 0 Å². The number of esters is 2. The second kappa shape index (κ2) is 27.0. The number of carbonyl (C=O) groups excluding carboxylic acids is 4. The van der Waals surface area contributed by atoms with Gasteiger partial charge in [-0.1, -0.05) is 26.7 Å². The van der Waals surface area contributed by atoms with Crippen molar-refractivity contribution in [3.8, 4) is 0 Å². The second-order valence-corrected chi connectivity index (χ2v) is 20.6. The van der Waals surface area contributed by atoms with E-state index in [0.717, 1.165) is 64.2 Å². The van der Waals surface area contributed by atoms with Crippen molar-refractivity contribution in [3.63, 3.8) is 0 Å². The van der Waals surface area contributed by atoms with Crippen LogP contribution in [0.15, 0.2) is 0 Å². The van der Waals surface area contributed by atoms with Gasteiger partial charge in [-0.15, -0.1) is 0 Å². The van der Waals surface area contributed by atoms with Crippen LogP contribution in [0.1, 0.15) is 143 Å². The summed E-state index contributed by atoms with van der Waals surface area (Å²) in [6.07, 6.45) is 10.6. The van der Waals surface area contributed by atoms with Gasteiger partial charge in [0.05, 0.1) is 0 Å². The predicted octanol–water partition coefficient (Wildman–Crippen LogP) is 6.42. The monoisotopic (exact) mass is 724 g/mol. The van der Waals surface area contributed by atoms with Gasteiger partial charge in [-0.3, -0.25) is 0 Å². The minimum Gasteiger partial charge on any atom is -0.0654 e. The maximum atomic E-state index is 12.9. The van der Waals surface area contributed by atoms with E-state index in [1.807, 2.05) is 13.8 Å². The molecule has 2 unspecified atom stereocenters. The van der Waals surface area contributed by atoms with Crippen LogP contribution in [0.25, 0.3) is 0 Å². The van der Waals surface area contributed by atoms with Gasteiger partial charge >= 0.3 is 239 Å². The molecule has 0 aliphatic heterocycles. The van der Waals surface area contributed by atoms with E-state index in [-0.39, 0.29) is 13.2 Å². The Balaban J connectivity index is 5.00. The molecule has 0 saturated heterocycles. The van der Waals surface area contributed by atoms with Crippen molar-refractivity contribution in [2.75, 3.05) is 13.2 Å². The van der Waals surface area contributed by atoms with Crippen molar-refractivity contribution < 1.29 is 45.0 Å². The summed E-state index contributed by atoms with van der Waals surface area (Å²) in [4.78, 5) is 50.2. The van der Waals surface area contributed by atoms with Gasteiger partial charge in [-0.25, -0.2) is 0 Å². The molecule has 10 nitrogen and oxygen atoms in total. The van der Waals surface area contributed by atoms with E-state index < -0.39 is 68.1 Å². The maximum absolute atomic E-state index is 12.9. The van der Waals surface area contributed by atoms with Crippen molar-refractivity contribution in [2.24, 2.45) is 0 Å². The van der Waals surface area contributed by atoms with Crippen LogP contribution in [-0.2, 0) is 34.8 Å². The first-order chi connectivity index (χ1) is 20.6. The topological polar surface area (TPSA) is 146 Å². The summed E-state index contributed by atoms with van der Waals surface area (Å²) in [5.41, 5.74) is 0. The summed E-state index contributed by atoms with van der Waals surface area (Å²) < 4.78 is 22.7. The first-order valence-corrected chi connectivity index (χ1v) is 23.1. The van der Waals surface area contributed by atoms with Crippen LogP contribution in [0.4, 0.5) is 0 Å². The smallest absolute Gasteiger partial charge is 0.0654 e. The first kappa shape index (κ1) is 41.6. The number of unbranched alkanes of at least 4 members (excludes halogenated alkanes) is 12. The number of aliphatic hydroxyl groups is 2. The number of hydrogen-bond acceptors (Lipinski definition) is 10. The molecule has 252 valence electrons. The number of ether oxygens (including phenoxy) is 2. The van der Waals surface area contributed by atoms with Gasteiger partial charge in [0.2, 0.25) is 0 Å². The molecule has 43 heavy (non-hydrogen) atoms. The molecule has 0 aromatic heterocycles. The Labute approximate surface area is 264 Å². The Morgan fingerprint density at radius 3 is 1.19 bits per heavy atom. The number of hydrogen-bond donors (Lipinski definition) is 2. The Kier molecular flexibility index (Phi) is 26.1. The van der Waals surface area contributed by atoms with Gasteiger partial charge < -0.3 is 0 Å². The summed E-state index contributed by atoms with van der Waals surface area (Å²) in [5.74, 6) is -3.40. The summed E-state index contributed by atoms with van der Waals surface area (Å²) in [6.45, 7) is 8.56. The van der Waals surface area contributed by atoms with Crippen LogP contribution < -0.4 is 0 Å². The van der Waals surface area contributed by atoms with Crippen molar-refractivity contribution in [3.05, 3.63) is 0 Å². The van der Waals surface area contributed by atoms with E-state index in [2.05, 4.69) is 13.8 Å². The molecule has 2 atom stereocenters.